The molecule has 1 aliphatic rings. The molecular weight excluding hydrogens is 412 g/mol. The molecule has 164 valence electrons. The molecule has 0 aliphatic carbocycles. The number of benzene rings is 1. The molecule has 1 saturated heterocycles. The van der Waals surface area contributed by atoms with Gasteiger partial charge in [-0.3, -0.25) is 14.7 Å². The van der Waals surface area contributed by atoms with Crippen molar-refractivity contribution < 1.29 is 29.7 Å². The third-order valence-electron chi connectivity index (χ3n) is 5.06. The van der Waals surface area contributed by atoms with Crippen LogP contribution in [0.3, 0.4) is 0 Å². The number of rotatable bonds is 6. The number of hydrogen-bond acceptors (Lipinski definition) is 11. The number of aromatic nitrogens is 4. The monoisotopic (exact) mass is 432 g/mol. The van der Waals surface area contributed by atoms with Crippen LogP contribution in [0.2, 0.25) is 0 Å². The second kappa shape index (κ2) is 8.03. The maximum Gasteiger partial charge on any atom is 0.269 e. The van der Waals surface area contributed by atoms with Crippen LogP contribution in [0.15, 0.2) is 30.6 Å². The van der Waals surface area contributed by atoms with E-state index in [-0.39, 0.29) is 28.7 Å². The maximum absolute atomic E-state index is 10.8. The van der Waals surface area contributed by atoms with Crippen LogP contribution in [0.1, 0.15) is 24.8 Å². The molecule has 13 heteroatoms. The van der Waals surface area contributed by atoms with Gasteiger partial charge in [-0.25, -0.2) is 4.98 Å². The standard InChI is InChI=1S/C18H20N6O7/c1-8(9-2-4-10(5-3-9)24(28)29)30-16-12-15(21-18(19)22-16)23(7-20-12)17-14(27)13(26)11(6-25)31-17/h2-5,7-8,11,13-14,17,25-27H,6H2,1H3,(H2,19,21,22)/t8?,11-,13-,14-,17-/m1/s1. The topological polar surface area (TPSA) is 192 Å². The summed E-state index contributed by atoms with van der Waals surface area (Å²) >= 11 is 0. The molecule has 5 N–H and O–H groups in total. The highest BCUT2D eigenvalue weighted by molar-refractivity contribution is 5.77. The molecule has 1 aliphatic heterocycles. The molecule has 5 atom stereocenters. The lowest BCUT2D eigenvalue weighted by Crippen LogP contribution is -2.33. The van der Waals surface area contributed by atoms with E-state index in [2.05, 4.69) is 15.0 Å². The number of anilines is 1. The summed E-state index contributed by atoms with van der Waals surface area (Å²) in [5.74, 6) is -0.0502. The molecule has 1 aromatic carbocycles. The Bertz CT molecular complexity index is 1100. The summed E-state index contributed by atoms with van der Waals surface area (Å²) in [7, 11) is 0. The molecule has 0 bridgehead atoms. The summed E-state index contributed by atoms with van der Waals surface area (Å²) in [6.45, 7) is 1.26. The zero-order valence-electron chi connectivity index (χ0n) is 16.3. The molecule has 1 fully saturated rings. The summed E-state index contributed by atoms with van der Waals surface area (Å²) < 4.78 is 12.8. The van der Waals surface area contributed by atoms with E-state index in [0.717, 1.165) is 0 Å². The van der Waals surface area contributed by atoms with Gasteiger partial charge in [0, 0.05) is 12.1 Å². The van der Waals surface area contributed by atoms with Crippen LogP contribution >= 0.6 is 0 Å². The second-order valence-corrected chi connectivity index (χ2v) is 7.05. The molecule has 2 aromatic heterocycles. The van der Waals surface area contributed by atoms with Gasteiger partial charge in [0.1, 0.15) is 24.4 Å². The minimum Gasteiger partial charge on any atom is -0.468 e. The Labute approximate surface area is 174 Å². The summed E-state index contributed by atoms with van der Waals surface area (Å²) in [5, 5.41) is 40.4. The van der Waals surface area contributed by atoms with Gasteiger partial charge >= 0.3 is 0 Å². The third kappa shape index (κ3) is 3.74. The first-order valence-corrected chi connectivity index (χ1v) is 9.33. The lowest BCUT2D eigenvalue weighted by molar-refractivity contribution is -0.384. The van der Waals surface area contributed by atoms with Crippen LogP contribution < -0.4 is 10.5 Å². The number of aliphatic hydroxyl groups is 3. The average Bonchev–Trinajstić information content (AvgIpc) is 3.29. The molecule has 0 radical (unpaired) electrons. The molecule has 0 amide bonds. The molecule has 3 aromatic rings. The van der Waals surface area contributed by atoms with Crippen molar-refractivity contribution in [2.24, 2.45) is 0 Å². The lowest BCUT2D eigenvalue weighted by atomic mass is 10.1. The fourth-order valence-corrected chi connectivity index (χ4v) is 3.39. The number of nitro groups is 1. The number of imidazole rings is 1. The summed E-state index contributed by atoms with van der Waals surface area (Å²) in [4.78, 5) is 22.8. The van der Waals surface area contributed by atoms with Gasteiger partial charge in [-0.2, -0.15) is 9.97 Å². The van der Waals surface area contributed by atoms with Gasteiger partial charge in [-0.15, -0.1) is 0 Å². The van der Waals surface area contributed by atoms with Gasteiger partial charge in [0.05, 0.1) is 17.9 Å². The van der Waals surface area contributed by atoms with Crippen LogP contribution in [-0.4, -0.2) is 64.7 Å². The molecule has 13 nitrogen and oxygen atoms in total. The highest BCUT2D eigenvalue weighted by atomic mass is 16.6. The minimum atomic E-state index is -1.32. The van der Waals surface area contributed by atoms with E-state index in [9.17, 15) is 25.4 Å². The largest absolute Gasteiger partial charge is 0.468 e. The van der Waals surface area contributed by atoms with Gasteiger partial charge < -0.3 is 30.5 Å². The number of nitrogen functional groups attached to an aromatic ring is 1. The van der Waals surface area contributed by atoms with Crippen LogP contribution in [0, 0.1) is 10.1 Å². The van der Waals surface area contributed by atoms with Crippen LogP contribution in [0.4, 0.5) is 11.6 Å². The number of nitro benzene ring substituents is 1. The quantitative estimate of drug-likeness (QED) is 0.304. The number of nitrogens with two attached hydrogens (primary N) is 1. The molecule has 1 unspecified atom stereocenters. The highest BCUT2D eigenvalue weighted by Crippen LogP contribution is 2.34. The zero-order chi connectivity index (χ0) is 22.3. The van der Waals surface area contributed by atoms with Crippen LogP contribution in [-0.2, 0) is 4.74 Å². The molecule has 31 heavy (non-hydrogen) atoms. The Morgan fingerprint density at radius 1 is 1.29 bits per heavy atom. The predicted octanol–water partition coefficient (Wildman–Crippen LogP) is 0.0682. The van der Waals surface area contributed by atoms with Crippen molar-refractivity contribution in [2.45, 2.75) is 37.6 Å². The van der Waals surface area contributed by atoms with Gasteiger partial charge in [-0.1, -0.05) is 0 Å². The van der Waals surface area contributed by atoms with Gasteiger partial charge in [0.25, 0.3) is 5.69 Å². The van der Waals surface area contributed by atoms with Crippen molar-refractivity contribution in [3.8, 4) is 5.88 Å². The van der Waals surface area contributed by atoms with E-state index in [1.165, 1.54) is 23.0 Å². The first-order valence-electron chi connectivity index (χ1n) is 9.33. The van der Waals surface area contributed by atoms with Crippen molar-refractivity contribution >= 4 is 22.8 Å². The van der Waals surface area contributed by atoms with E-state index in [4.69, 9.17) is 15.2 Å². The van der Waals surface area contributed by atoms with Crippen LogP contribution in [0.25, 0.3) is 11.2 Å². The fourth-order valence-electron chi connectivity index (χ4n) is 3.39. The number of fused-ring (bicyclic) bond motifs is 1. The van der Waals surface area contributed by atoms with Gasteiger partial charge in [0.2, 0.25) is 11.8 Å². The fraction of sp³-hybridized carbons (Fsp3) is 0.389. The molecular formula is C18H20N6O7. The van der Waals surface area contributed by atoms with Crippen molar-refractivity contribution in [3.05, 3.63) is 46.3 Å². The number of hydrogen-bond donors (Lipinski definition) is 4. The number of aliphatic hydroxyl groups excluding tert-OH is 3. The van der Waals surface area contributed by atoms with Gasteiger partial charge in [0.15, 0.2) is 17.4 Å². The molecule has 0 spiro atoms. The Morgan fingerprint density at radius 3 is 2.61 bits per heavy atom. The Kier molecular flexibility index (Phi) is 5.41. The molecule has 4 rings (SSSR count). The number of ether oxygens (including phenoxy) is 2. The van der Waals surface area contributed by atoms with E-state index in [0.29, 0.717) is 5.56 Å². The highest BCUT2D eigenvalue weighted by Gasteiger charge is 2.44. The SMILES string of the molecule is CC(Oc1nc(N)nc2c1ncn2[C@@H]1O[C@H](CO)[C@@H](O)[C@H]1O)c1ccc([N+](=O)[O-])cc1. The van der Waals surface area contributed by atoms with E-state index in [1.807, 2.05) is 0 Å². The van der Waals surface area contributed by atoms with E-state index in [1.54, 1.807) is 19.1 Å². The minimum absolute atomic E-state index is 0.0399. The average molecular weight is 432 g/mol. The Morgan fingerprint density at radius 2 is 2.00 bits per heavy atom. The Balaban J connectivity index is 1.64. The zero-order valence-corrected chi connectivity index (χ0v) is 16.3. The first kappa shape index (κ1) is 20.9. The van der Waals surface area contributed by atoms with Crippen LogP contribution in [0.5, 0.6) is 5.88 Å². The van der Waals surface area contributed by atoms with Crippen molar-refractivity contribution in [1.82, 2.24) is 19.5 Å². The smallest absolute Gasteiger partial charge is 0.269 e. The lowest BCUT2D eigenvalue weighted by Gasteiger charge is -2.17. The first-order chi connectivity index (χ1) is 14.8. The predicted molar refractivity (Wildman–Crippen MR) is 105 cm³/mol. The van der Waals surface area contributed by atoms with Crippen molar-refractivity contribution in [1.29, 1.82) is 0 Å². The van der Waals surface area contributed by atoms with E-state index >= 15 is 0 Å². The normalized spacial score (nSPS) is 24.4. The maximum atomic E-state index is 10.8. The summed E-state index contributed by atoms with van der Waals surface area (Å²) in [6, 6.07) is 5.88. The molecule has 0 saturated carbocycles. The van der Waals surface area contributed by atoms with Crippen molar-refractivity contribution in [3.63, 3.8) is 0 Å². The second-order valence-electron chi connectivity index (χ2n) is 7.05. The van der Waals surface area contributed by atoms with E-state index < -0.39 is 42.2 Å². The number of nitrogens with zero attached hydrogens (tertiary/aromatic N) is 5. The van der Waals surface area contributed by atoms with Gasteiger partial charge in [-0.05, 0) is 24.6 Å². The molecule has 3 heterocycles. The Hall–Kier alpha value is -3.39. The van der Waals surface area contributed by atoms with Crippen molar-refractivity contribution in [2.75, 3.05) is 12.3 Å². The summed E-state index contributed by atoms with van der Waals surface area (Å²) in [6.07, 6.45) is -3.83. The third-order valence-corrected chi connectivity index (χ3v) is 5.06. The number of non-ortho nitro benzene ring substituents is 1. The summed E-state index contributed by atoms with van der Waals surface area (Å²) in [5.41, 5.74) is 6.89.